The van der Waals surface area contributed by atoms with Crippen molar-refractivity contribution >= 4 is 27.2 Å². The van der Waals surface area contributed by atoms with E-state index in [1.54, 1.807) is 45.9 Å². The van der Waals surface area contributed by atoms with Gasteiger partial charge in [-0.2, -0.15) is 5.10 Å². The van der Waals surface area contributed by atoms with Gasteiger partial charge in [-0.3, -0.25) is 9.59 Å². The summed E-state index contributed by atoms with van der Waals surface area (Å²) in [4.78, 5) is 30.4. The molecule has 3 aliphatic heterocycles. The third kappa shape index (κ3) is 4.97. The van der Waals surface area contributed by atoms with Crippen LogP contribution in [0.2, 0.25) is 0 Å². The van der Waals surface area contributed by atoms with Crippen molar-refractivity contribution in [1.29, 1.82) is 0 Å². The van der Waals surface area contributed by atoms with Crippen LogP contribution in [-0.2, 0) is 25.1 Å². The molecule has 0 aliphatic carbocycles. The third-order valence-electron chi connectivity index (χ3n) is 7.46. The van der Waals surface area contributed by atoms with Crippen LogP contribution in [0.5, 0.6) is 0 Å². The molecule has 39 heavy (non-hydrogen) atoms. The minimum Gasteiger partial charge on any atom is -0.381 e. The predicted molar refractivity (Wildman–Crippen MR) is 146 cm³/mol. The van der Waals surface area contributed by atoms with Gasteiger partial charge in [0.1, 0.15) is 0 Å². The van der Waals surface area contributed by atoms with Gasteiger partial charge in [-0.05, 0) is 31.0 Å². The van der Waals surface area contributed by atoms with E-state index in [0.29, 0.717) is 67.5 Å². The van der Waals surface area contributed by atoms with E-state index in [-0.39, 0.29) is 34.3 Å². The molecule has 0 atom stereocenters. The van der Waals surface area contributed by atoms with Crippen LogP contribution in [0.25, 0.3) is 11.3 Å². The molecule has 0 N–H and O–H groups in total. The summed E-state index contributed by atoms with van der Waals surface area (Å²) in [7, 11) is -2.09. The summed E-state index contributed by atoms with van der Waals surface area (Å²) in [6.45, 7) is 10.3. The molecular weight excluding hydrogens is 520 g/mol. The van der Waals surface area contributed by atoms with Gasteiger partial charge in [-0.15, -0.1) is 0 Å². The first-order valence-electron chi connectivity index (χ1n) is 12.9. The summed E-state index contributed by atoms with van der Waals surface area (Å²) in [5.41, 5.74) is 2.16. The number of morpholine rings is 1. The van der Waals surface area contributed by atoms with E-state index in [0.717, 1.165) is 12.8 Å². The number of nitrogens with zero attached hydrogens (tertiary/aromatic N) is 4. The molecule has 10 nitrogen and oxygen atoms in total. The van der Waals surface area contributed by atoms with Crippen molar-refractivity contribution in [2.45, 2.75) is 24.7 Å². The maximum absolute atomic E-state index is 13.6. The zero-order chi connectivity index (χ0) is 27.7. The Hall–Kier alpha value is -3.54. The van der Waals surface area contributed by atoms with Crippen LogP contribution < -0.4 is 0 Å². The minimum atomic E-state index is -3.78. The molecule has 2 saturated heterocycles. The van der Waals surface area contributed by atoms with Gasteiger partial charge in [0.05, 0.1) is 41.4 Å². The van der Waals surface area contributed by atoms with E-state index in [1.165, 1.54) is 12.2 Å². The van der Waals surface area contributed by atoms with Gasteiger partial charge < -0.3 is 19.3 Å². The summed E-state index contributed by atoms with van der Waals surface area (Å²) < 4.78 is 38.7. The number of sulfone groups is 1. The van der Waals surface area contributed by atoms with E-state index in [9.17, 15) is 18.0 Å². The van der Waals surface area contributed by atoms with E-state index in [4.69, 9.17) is 9.47 Å². The monoisotopic (exact) mass is 552 g/mol. The highest BCUT2D eigenvalue weighted by Gasteiger charge is 2.37. The number of benzene rings is 1. The van der Waals surface area contributed by atoms with Crippen molar-refractivity contribution < 1.29 is 27.5 Å². The number of amides is 2. The number of hydrogen-bond donors (Lipinski definition) is 0. The number of methoxy groups -OCH3 is 1. The molecule has 0 bridgehead atoms. The number of fused-ring (bicyclic) bond motifs is 1. The Labute approximate surface area is 228 Å². The van der Waals surface area contributed by atoms with Crippen molar-refractivity contribution in [2.24, 2.45) is 0 Å². The maximum Gasteiger partial charge on any atom is 0.274 e. The Balaban J connectivity index is 1.61. The SMILES string of the molecule is C=CC1=C(C=C)S(=O)(=O)Cc2c(C(=O)N3CCOCC3)nn(-c3cccc(C(=O)N4CCC(OC)CC4)c3)c21. The predicted octanol–water partition coefficient (Wildman–Crippen LogP) is 2.61. The lowest BCUT2D eigenvalue weighted by Crippen LogP contribution is -2.41. The van der Waals surface area contributed by atoms with E-state index < -0.39 is 9.84 Å². The lowest BCUT2D eigenvalue weighted by molar-refractivity contribution is 0.0298. The summed E-state index contributed by atoms with van der Waals surface area (Å²) in [5, 5.41) is 4.67. The number of carbonyl (C=O) groups is 2. The van der Waals surface area contributed by atoms with Crippen LogP contribution >= 0.6 is 0 Å². The zero-order valence-corrected chi connectivity index (χ0v) is 22.8. The van der Waals surface area contributed by atoms with Gasteiger partial charge in [0.15, 0.2) is 15.5 Å². The molecule has 0 radical (unpaired) electrons. The Morgan fingerprint density at radius 2 is 1.74 bits per heavy atom. The van der Waals surface area contributed by atoms with Crippen LogP contribution in [0.15, 0.2) is 54.5 Å². The molecule has 0 unspecified atom stereocenters. The third-order valence-corrected chi connectivity index (χ3v) is 9.19. The highest BCUT2D eigenvalue weighted by molar-refractivity contribution is 7.95. The lowest BCUT2D eigenvalue weighted by Gasteiger charge is -2.31. The van der Waals surface area contributed by atoms with Crippen molar-refractivity contribution in [3.63, 3.8) is 0 Å². The first-order valence-corrected chi connectivity index (χ1v) is 14.6. The average Bonchev–Trinajstić information content (AvgIpc) is 3.34. The number of hydrogen-bond acceptors (Lipinski definition) is 7. The van der Waals surface area contributed by atoms with Gasteiger partial charge in [0, 0.05) is 50.0 Å². The van der Waals surface area contributed by atoms with Crippen LogP contribution in [0.4, 0.5) is 0 Å². The summed E-state index contributed by atoms with van der Waals surface area (Å²) in [6.07, 6.45) is 4.43. The Morgan fingerprint density at radius 1 is 1.05 bits per heavy atom. The smallest absolute Gasteiger partial charge is 0.274 e. The molecular formula is C28H32N4O6S. The topological polar surface area (TPSA) is 111 Å². The summed E-state index contributed by atoms with van der Waals surface area (Å²) in [6, 6.07) is 7.00. The Morgan fingerprint density at radius 3 is 2.38 bits per heavy atom. The number of allylic oxidation sites excluding steroid dienone is 3. The second kappa shape index (κ2) is 10.9. The van der Waals surface area contributed by atoms with Gasteiger partial charge in [0.2, 0.25) is 0 Å². The number of likely N-dealkylation sites (tertiary alicyclic amines) is 1. The maximum atomic E-state index is 13.6. The molecule has 2 fully saturated rings. The second-order valence-electron chi connectivity index (χ2n) is 9.71. The molecule has 2 amide bonds. The quantitative estimate of drug-likeness (QED) is 0.542. The fourth-order valence-electron chi connectivity index (χ4n) is 5.37. The summed E-state index contributed by atoms with van der Waals surface area (Å²) >= 11 is 0. The zero-order valence-electron chi connectivity index (χ0n) is 22.0. The average molecular weight is 553 g/mol. The second-order valence-corrected chi connectivity index (χ2v) is 11.7. The lowest BCUT2D eigenvalue weighted by atomic mass is 10.0. The van der Waals surface area contributed by atoms with Crippen molar-refractivity contribution in [3.8, 4) is 5.69 Å². The highest BCUT2D eigenvalue weighted by atomic mass is 32.2. The van der Waals surface area contributed by atoms with Crippen LogP contribution in [0, 0.1) is 0 Å². The van der Waals surface area contributed by atoms with Crippen LogP contribution in [-0.4, -0.2) is 92.4 Å². The molecule has 11 heteroatoms. The highest BCUT2D eigenvalue weighted by Crippen LogP contribution is 2.38. The van der Waals surface area contributed by atoms with Crippen molar-refractivity contribution in [3.05, 3.63) is 77.0 Å². The van der Waals surface area contributed by atoms with Crippen LogP contribution in [0.3, 0.4) is 0 Å². The number of carbonyl (C=O) groups excluding carboxylic acids is 2. The van der Waals surface area contributed by atoms with Gasteiger partial charge in [0.25, 0.3) is 11.8 Å². The summed E-state index contributed by atoms with van der Waals surface area (Å²) in [5.74, 6) is -0.854. The fraction of sp³-hybridized carbons (Fsp3) is 0.393. The molecule has 0 spiro atoms. The van der Waals surface area contributed by atoms with Gasteiger partial charge in [-0.1, -0.05) is 31.4 Å². The van der Waals surface area contributed by atoms with Crippen molar-refractivity contribution in [1.82, 2.24) is 19.6 Å². The van der Waals surface area contributed by atoms with Gasteiger partial charge in [-0.25, -0.2) is 13.1 Å². The largest absolute Gasteiger partial charge is 0.381 e. The molecule has 1 aromatic carbocycles. The minimum absolute atomic E-state index is 0.0322. The molecule has 2 aromatic rings. The molecule has 0 saturated carbocycles. The Bertz CT molecular complexity index is 1460. The fourth-order valence-corrected chi connectivity index (χ4v) is 6.95. The molecule has 5 rings (SSSR count). The number of aromatic nitrogens is 2. The first kappa shape index (κ1) is 27.0. The molecule has 1 aromatic heterocycles. The van der Waals surface area contributed by atoms with Crippen LogP contribution in [0.1, 0.15) is 44.9 Å². The van der Waals surface area contributed by atoms with Gasteiger partial charge >= 0.3 is 0 Å². The number of piperidine rings is 1. The standard InChI is InChI=1S/C28H32N4O6S/c1-4-22-24(5-2)39(35,36)18-23-25(28(34)31-13-15-38-16-14-31)29-32(26(22)23)20-8-6-7-19(17-20)27(33)30-11-9-21(37-3)10-12-30/h4-8,17,21H,1-2,9-16,18H2,3H3. The number of ether oxygens (including phenoxy) is 2. The molecule has 3 aliphatic rings. The van der Waals surface area contributed by atoms with Crippen molar-refractivity contribution in [2.75, 3.05) is 46.5 Å². The molecule has 4 heterocycles. The first-order chi connectivity index (χ1) is 18.8. The number of rotatable bonds is 6. The van der Waals surface area contributed by atoms with E-state index in [1.807, 2.05) is 0 Å². The normalized spacial score (nSPS) is 19.5. The van der Waals surface area contributed by atoms with E-state index in [2.05, 4.69) is 18.3 Å². The molecule has 206 valence electrons. The van der Waals surface area contributed by atoms with E-state index >= 15 is 0 Å². The Kier molecular flexibility index (Phi) is 7.57.